The lowest BCUT2D eigenvalue weighted by molar-refractivity contribution is -0.00436. The number of ether oxygens (including phenoxy) is 1. The summed E-state index contributed by atoms with van der Waals surface area (Å²) in [4.78, 5) is 0. The number of rotatable bonds is 4. The van der Waals surface area contributed by atoms with Crippen LogP contribution in [0, 0.1) is 0 Å². The number of hydrogen-bond donors (Lipinski definition) is 0. The lowest BCUT2D eigenvalue weighted by Gasteiger charge is -1.99. The molecule has 0 rings (SSSR count). The van der Waals surface area contributed by atoms with E-state index in [0.717, 1.165) is 13.2 Å². The Morgan fingerprint density at radius 2 is 2.12 bits per heavy atom. The minimum absolute atomic E-state index is 0.762. The van der Waals surface area contributed by atoms with Crippen molar-refractivity contribution in [1.82, 2.24) is 0 Å². The second-order valence-electron chi connectivity index (χ2n) is 1.96. The van der Waals surface area contributed by atoms with E-state index in [0.29, 0.717) is 0 Å². The highest BCUT2D eigenvalue weighted by atomic mass is 27.2. The highest BCUT2D eigenvalue weighted by molar-refractivity contribution is 6.48. The fourth-order valence-corrected chi connectivity index (χ4v) is 0.957. The maximum Gasteiger partial charge on any atom is 0.454 e. The highest BCUT2D eigenvalue weighted by Crippen LogP contribution is 1.80. The molecule has 0 amide bonds. The first kappa shape index (κ1) is 8.45. The van der Waals surface area contributed by atoms with Crippen molar-refractivity contribution in [2.75, 3.05) is 20.3 Å². The zero-order chi connectivity index (χ0) is 6.41. The van der Waals surface area contributed by atoms with Crippen molar-refractivity contribution in [2.45, 2.75) is 11.6 Å². The van der Waals surface area contributed by atoms with E-state index in [1.54, 1.807) is 0 Å². The summed E-state index contributed by atoms with van der Waals surface area (Å²) >= 11 is -0.762. The molecule has 2 nitrogen and oxygen atoms in total. The minimum atomic E-state index is -0.762. The van der Waals surface area contributed by atoms with Crippen LogP contribution in [0.5, 0.6) is 0 Å². The molecule has 48 valence electrons. The van der Waals surface area contributed by atoms with Gasteiger partial charge in [0.2, 0.25) is 0 Å². The van der Waals surface area contributed by atoms with Crippen LogP contribution in [-0.4, -0.2) is 39.5 Å². The van der Waals surface area contributed by atoms with Crippen LogP contribution >= 0.6 is 0 Å². The Morgan fingerprint density at radius 1 is 1.50 bits per heavy atom. The maximum atomic E-state index is 5.33. The smallest absolute Gasteiger partial charge is 0.454 e. The predicted molar refractivity (Wildman–Crippen MR) is 36.4 cm³/mol. The monoisotopic (exact) mass is 133 g/mol. The number of hydrogen-bond acceptors (Lipinski definition) is 1. The average Bonchev–Trinajstić information content (AvgIpc) is 1.66. The van der Waals surface area contributed by atoms with E-state index in [9.17, 15) is 0 Å². The molecule has 0 spiro atoms. The first-order valence-electron chi connectivity index (χ1n) is 2.94. The summed E-state index contributed by atoms with van der Waals surface area (Å²) in [6.45, 7) is 1.67. The lowest BCUT2D eigenvalue weighted by atomic mass is 10.8. The molecule has 0 saturated carbocycles. The third-order valence-electron chi connectivity index (χ3n) is 0.766. The van der Waals surface area contributed by atoms with Crippen molar-refractivity contribution in [3.8, 4) is 0 Å². The third-order valence-corrected chi connectivity index (χ3v) is 1.67. The fourth-order valence-electron chi connectivity index (χ4n) is 0.380. The molecule has 0 aliphatic carbocycles. The molecular formula is C5H14AlO2+. The second-order valence-corrected chi connectivity index (χ2v) is 4.39. The molecule has 0 heterocycles. The van der Waals surface area contributed by atoms with E-state index >= 15 is 0 Å². The van der Waals surface area contributed by atoms with Crippen molar-refractivity contribution < 1.29 is 8.53 Å². The molecule has 0 saturated heterocycles. The summed E-state index contributed by atoms with van der Waals surface area (Å²) < 4.78 is 9.23. The Bertz CT molecular complexity index is 47.7. The van der Waals surface area contributed by atoms with Gasteiger partial charge in [-0.05, 0) is 0 Å². The second kappa shape index (κ2) is 5.59. The zero-order valence-electron chi connectivity index (χ0n) is 5.85. The third kappa shape index (κ3) is 6.45. The van der Waals surface area contributed by atoms with E-state index in [2.05, 4.69) is 16.3 Å². The van der Waals surface area contributed by atoms with Gasteiger partial charge in [0.05, 0.1) is 6.61 Å². The standard InChI is InChI=1S/C3H7O2.2CH3.Al/c1-5-3-2-4;;;/h2-3H2,1H3;2*1H3;/q-1;;;+1/p+1. The van der Waals surface area contributed by atoms with E-state index in [1.807, 2.05) is 7.11 Å². The first-order chi connectivity index (χ1) is 3.77. The molecule has 0 aliphatic rings. The largest absolute Gasteiger partial charge is 0.495 e. The van der Waals surface area contributed by atoms with Gasteiger partial charge in [-0.1, -0.05) is 11.6 Å². The van der Waals surface area contributed by atoms with E-state index in [1.165, 1.54) is 0 Å². The van der Waals surface area contributed by atoms with Gasteiger partial charge in [-0.2, -0.15) is 0 Å². The highest BCUT2D eigenvalue weighted by Gasteiger charge is 2.02. The van der Waals surface area contributed by atoms with Gasteiger partial charge >= 0.3 is 14.5 Å². The molecule has 0 aliphatic heterocycles. The van der Waals surface area contributed by atoms with Crippen LogP contribution in [-0.2, 0) is 3.79 Å². The zero-order valence-corrected chi connectivity index (χ0v) is 7.00. The Hall–Kier alpha value is 0.452. The lowest BCUT2D eigenvalue weighted by Crippen LogP contribution is -2.13. The summed E-state index contributed by atoms with van der Waals surface area (Å²) in [6, 6.07) is 0. The van der Waals surface area contributed by atoms with Crippen molar-refractivity contribution in [1.29, 1.82) is 0 Å². The summed E-state index contributed by atoms with van der Waals surface area (Å²) in [5, 5.41) is 0. The predicted octanol–water partition coefficient (Wildman–Crippen LogP) is 0.412. The molecule has 3 heteroatoms. The van der Waals surface area contributed by atoms with Crippen LogP contribution < -0.4 is 0 Å². The van der Waals surface area contributed by atoms with E-state index in [4.69, 9.17) is 3.79 Å². The van der Waals surface area contributed by atoms with E-state index < -0.39 is 14.5 Å². The maximum absolute atomic E-state index is 5.33. The molecule has 8 heavy (non-hydrogen) atoms. The SMILES string of the molecule is C[OH+]CC[O][Al]([CH3])[CH3]. The molecule has 0 aromatic carbocycles. The molecule has 1 N–H and O–H groups in total. The molecular weight excluding hydrogens is 119 g/mol. The average molecular weight is 133 g/mol. The fraction of sp³-hybridized carbons (Fsp3) is 1.00. The van der Waals surface area contributed by atoms with Crippen LogP contribution in [0.1, 0.15) is 0 Å². The van der Waals surface area contributed by atoms with Crippen LogP contribution in [0.25, 0.3) is 0 Å². The topological polar surface area (TPSA) is 22.0 Å². The van der Waals surface area contributed by atoms with E-state index in [-0.39, 0.29) is 0 Å². The minimum Gasteiger partial charge on any atom is -0.495 e. The molecule has 0 fully saturated rings. The molecule has 0 aromatic rings. The Labute approximate surface area is 55.5 Å². The normalized spacial score (nSPS) is 9.38. The van der Waals surface area contributed by atoms with Crippen LogP contribution in [0.4, 0.5) is 0 Å². The van der Waals surface area contributed by atoms with Gasteiger partial charge < -0.3 is 8.53 Å². The summed E-state index contributed by atoms with van der Waals surface area (Å²) in [5.74, 6) is 4.32. The molecule has 0 unspecified atom stereocenters. The van der Waals surface area contributed by atoms with Crippen molar-refractivity contribution in [2.24, 2.45) is 0 Å². The van der Waals surface area contributed by atoms with Gasteiger partial charge in [0.25, 0.3) is 0 Å². The van der Waals surface area contributed by atoms with Gasteiger partial charge in [-0.25, -0.2) is 0 Å². The van der Waals surface area contributed by atoms with Gasteiger partial charge in [-0.3, -0.25) is 0 Å². The van der Waals surface area contributed by atoms with Gasteiger partial charge in [0, 0.05) is 0 Å². The summed E-state index contributed by atoms with van der Waals surface area (Å²) in [5.41, 5.74) is 0. The van der Waals surface area contributed by atoms with Gasteiger partial charge in [-0.15, -0.1) is 0 Å². The summed E-state index contributed by atoms with van der Waals surface area (Å²) in [6.07, 6.45) is 0. The summed E-state index contributed by atoms with van der Waals surface area (Å²) in [7, 11) is 1.81. The van der Waals surface area contributed by atoms with Crippen LogP contribution in [0.15, 0.2) is 0 Å². The Balaban J connectivity index is 2.72. The number of aliphatic hydroxyl groups is 2. The van der Waals surface area contributed by atoms with Crippen molar-refractivity contribution in [3.05, 3.63) is 0 Å². The first-order valence-corrected chi connectivity index (χ1v) is 5.72. The van der Waals surface area contributed by atoms with Crippen LogP contribution in [0.2, 0.25) is 11.6 Å². The quantitative estimate of drug-likeness (QED) is 0.309. The Kier molecular flexibility index (Phi) is 5.90. The van der Waals surface area contributed by atoms with Gasteiger partial charge in [0.1, 0.15) is 7.11 Å². The molecule has 0 bridgehead atoms. The Morgan fingerprint density at radius 3 is 2.50 bits per heavy atom. The molecule has 0 aromatic heterocycles. The van der Waals surface area contributed by atoms with Gasteiger partial charge in [0.15, 0.2) is 6.61 Å². The molecule has 0 radical (unpaired) electrons. The van der Waals surface area contributed by atoms with Crippen molar-refractivity contribution >= 4 is 14.5 Å². The van der Waals surface area contributed by atoms with Crippen LogP contribution in [0.3, 0.4) is 0 Å². The van der Waals surface area contributed by atoms with Crippen molar-refractivity contribution in [3.63, 3.8) is 0 Å². The molecule has 0 atom stereocenters.